The van der Waals surface area contributed by atoms with Crippen LogP contribution in [-0.4, -0.2) is 38.9 Å². The third-order valence-electron chi connectivity index (χ3n) is 6.83. The Labute approximate surface area is 165 Å². The van der Waals surface area contributed by atoms with Crippen molar-refractivity contribution in [2.45, 2.75) is 44.9 Å². The lowest BCUT2D eigenvalue weighted by atomic mass is 9.59. The predicted octanol–water partition coefficient (Wildman–Crippen LogP) is 4.04. The quantitative estimate of drug-likeness (QED) is 0.748. The van der Waals surface area contributed by atoms with E-state index < -0.39 is 36.1 Å². The first kappa shape index (κ1) is 20.1. The third kappa shape index (κ3) is 3.09. The highest BCUT2D eigenvalue weighted by atomic mass is 19.4. The summed E-state index contributed by atoms with van der Waals surface area (Å²) in [6, 6.07) is 5.91. The molecular formula is C21H22F4N2O2. The second-order valence-electron chi connectivity index (χ2n) is 8.32. The predicted molar refractivity (Wildman–Crippen MR) is 98.7 cm³/mol. The van der Waals surface area contributed by atoms with Gasteiger partial charge in [-0.15, -0.1) is 0 Å². The zero-order valence-corrected chi connectivity index (χ0v) is 15.9. The molecule has 29 heavy (non-hydrogen) atoms. The number of aliphatic hydroxyl groups is 2. The van der Waals surface area contributed by atoms with Crippen molar-refractivity contribution >= 4 is 6.08 Å². The molecule has 3 atom stereocenters. The number of nitrogens with zero attached hydrogens (tertiary/aromatic N) is 2. The van der Waals surface area contributed by atoms with Crippen molar-refractivity contribution in [2.24, 2.45) is 10.8 Å². The monoisotopic (exact) mass is 410 g/mol. The maximum atomic E-state index is 13.2. The highest BCUT2D eigenvalue weighted by Crippen LogP contribution is 2.62. The first-order valence-electron chi connectivity index (χ1n) is 9.49. The smallest absolute Gasteiger partial charge is 0.396 e. The first-order chi connectivity index (χ1) is 13.6. The first-order valence-corrected chi connectivity index (χ1v) is 9.49. The Morgan fingerprint density at radius 3 is 2.55 bits per heavy atom. The van der Waals surface area contributed by atoms with E-state index in [1.807, 2.05) is 13.0 Å². The summed E-state index contributed by atoms with van der Waals surface area (Å²) in [6.45, 7) is 1.43. The normalized spacial score (nSPS) is 27.3. The Kier molecular flexibility index (Phi) is 4.62. The van der Waals surface area contributed by atoms with E-state index in [2.05, 4.69) is 5.10 Å². The van der Waals surface area contributed by atoms with Crippen molar-refractivity contribution in [2.75, 3.05) is 6.61 Å². The van der Waals surface area contributed by atoms with Crippen LogP contribution in [0.2, 0.25) is 0 Å². The molecule has 1 aromatic carbocycles. The molecule has 1 heterocycles. The van der Waals surface area contributed by atoms with Gasteiger partial charge >= 0.3 is 6.18 Å². The van der Waals surface area contributed by atoms with E-state index in [1.165, 1.54) is 12.1 Å². The van der Waals surface area contributed by atoms with Gasteiger partial charge < -0.3 is 10.2 Å². The van der Waals surface area contributed by atoms with Gasteiger partial charge in [-0.3, -0.25) is 0 Å². The summed E-state index contributed by atoms with van der Waals surface area (Å²) in [4.78, 5) is 0. The van der Waals surface area contributed by atoms with Crippen molar-refractivity contribution < 1.29 is 27.8 Å². The summed E-state index contributed by atoms with van der Waals surface area (Å²) in [7, 11) is 0. The van der Waals surface area contributed by atoms with E-state index in [4.69, 9.17) is 0 Å². The van der Waals surface area contributed by atoms with Crippen LogP contribution in [0.3, 0.4) is 0 Å². The van der Waals surface area contributed by atoms with E-state index in [1.54, 1.807) is 23.0 Å². The number of alkyl halides is 3. The highest BCUT2D eigenvalue weighted by molar-refractivity contribution is 5.62. The third-order valence-corrected chi connectivity index (χ3v) is 6.83. The van der Waals surface area contributed by atoms with Gasteiger partial charge in [-0.1, -0.05) is 12.5 Å². The average Bonchev–Trinajstić information content (AvgIpc) is 3.18. The Bertz CT molecular complexity index is 951. The summed E-state index contributed by atoms with van der Waals surface area (Å²) in [5.74, 6) is -0.354. The molecule has 8 heteroatoms. The largest absolute Gasteiger partial charge is 0.414 e. The zero-order chi connectivity index (χ0) is 21.0. The van der Waals surface area contributed by atoms with E-state index in [-0.39, 0.29) is 5.82 Å². The van der Waals surface area contributed by atoms with Crippen LogP contribution in [0.5, 0.6) is 0 Å². The lowest BCUT2D eigenvalue weighted by molar-refractivity contribution is -0.218. The Morgan fingerprint density at radius 2 is 1.93 bits per heavy atom. The lowest BCUT2D eigenvalue weighted by Gasteiger charge is -2.46. The van der Waals surface area contributed by atoms with Gasteiger partial charge in [0.2, 0.25) is 0 Å². The Hall–Kier alpha value is -2.19. The second kappa shape index (κ2) is 6.67. The molecule has 0 amide bonds. The average molecular weight is 410 g/mol. The molecule has 1 fully saturated rings. The van der Waals surface area contributed by atoms with E-state index in [0.717, 1.165) is 16.8 Å². The molecule has 2 aliphatic rings. The molecular weight excluding hydrogens is 388 g/mol. The number of benzene rings is 1. The summed E-state index contributed by atoms with van der Waals surface area (Å²) in [6.07, 6.45) is -2.83. The van der Waals surface area contributed by atoms with E-state index >= 15 is 0 Å². The number of fused-ring (bicyclic) bond motifs is 2. The molecule has 1 aromatic heterocycles. The fraction of sp³-hybridized carbons (Fsp3) is 0.476. The van der Waals surface area contributed by atoms with Gasteiger partial charge in [0.15, 0.2) is 6.10 Å². The second-order valence-corrected chi connectivity index (χ2v) is 8.32. The molecule has 0 aliphatic heterocycles. The van der Waals surface area contributed by atoms with Gasteiger partial charge in [0.1, 0.15) is 5.82 Å². The van der Waals surface area contributed by atoms with Crippen molar-refractivity contribution in [3.8, 4) is 5.69 Å². The zero-order valence-electron chi connectivity index (χ0n) is 15.9. The molecule has 2 aliphatic carbocycles. The van der Waals surface area contributed by atoms with Gasteiger partial charge in [-0.25, -0.2) is 9.07 Å². The minimum absolute atomic E-state index is 0.354. The number of allylic oxidation sites excluding steroid dienone is 1. The van der Waals surface area contributed by atoms with Crippen LogP contribution >= 0.6 is 0 Å². The minimum Gasteiger partial charge on any atom is -0.396 e. The fourth-order valence-electron chi connectivity index (χ4n) is 4.95. The van der Waals surface area contributed by atoms with Crippen LogP contribution < -0.4 is 0 Å². The molecule has 2 N–H and O–H groups in total. The van der Waals surface area contributed by atoms with E-state index in [9.17, 15) is 27.8 Å². The standard InChI is InChI=1S/C21H22F4N2O2/c1-19-9-13-11-26-27(16-4-2-15(22)3-5-16)17(13)8-14(19)6-7-20(19,12-28)10-18(29)21(23,24)25/h2-5,8,11,18,28-29H,6-7,9-10,12H2,1H3/t18?,19-,20-/m0/s1. The van der Waals surface area contributed by atoms with Crippen LogP contribution in [0.15, 0.2) is 36.0 Å². The number of aromatic nitrogens is 2. The lowest BCUT2D eigenvalue weighted by Crippen LogP contribution is -2.46. The van der Waals surface area contributed by atoms with Gasteiger partial charge in [0, 0.05) is 17.4 Å². The van der Waals surface area contributed by atoms with Gasteiger partial charge in [0.05, 0.1) is 17.6 Å². The van der Waals surface area contributed by atoms with Crippen LogP contribution in [0, 0.1) is 16.6 Å². The molecule has 1 saturated carbocycles. The van der Waals surface area contributed by atoms with Crippen molar-refractivity contribution in [3.05, 3.63) is 53.1 Å². The van der Waals surface area contributed by atoms with E-state index in [0.29, 0.717) is 24.9 Å². The Morgan fingerprint density at radius 1 is 1.24 bits per heavy atom. The molecule has 0 saturated heterocycles. The maximum absolute atomic E-state index is 13.2. The Balaban J connectivity index is 1.72. The molecule has 2 aromatic rings. The van der Waals surface area contributed by atoms with Crippen LogP contribution in [0.1, 0.15) is 37.4 Å². The van der Waals surface area contributed by atoms with Crippen molar-refractivity contribution in [1.82, 2.24) is 9.78 Å². The summed E-state index contributed by atoms with van der Waals surface area (Å²) < 4.78 is 54.0. The van der Waals surface area contributed by atoms with Crippen molar-refractivity contribution in [1.29, 1.82) is 0 Å². The maximum Gasteiger partial charge on any atom is 0.414 e. The highest BCUT2D eigenvalue weighted by Gasteiger charge is 2.58. The molecule has 0 spiro atoms. The number of halogens is 4. The summed E-state index contributed by atoms with van der Waals surface area (Å²) in [5, 5.41) is 24.2. The van der Waals surface area contributed by atoms with Gasteiger partial charge in [-0.05, 0) is 61.6 Å². The fourth-order valence-corrected chi connectivity index (χ4v) is 4.95. The van der Waals surface area contributed by atoms with Crippen LogP contribution in [0.25, 0.3) is 11.8 Å². The summed E-state index contributed by atoms with van der Waals surface area (Å²) in [5.41, 5.74) is 1.52. The number of hydrogen-bond acceptors (Lipinski definition) is 3. The molecule has 4 nitrogen and oxygen atoms in total. The van der Waals surface area contributed by atoms with Gasteiger partial charge in [0.25, 0.3) is 0 Å². The summed E-state index contributed by atoms with van der Waals surface area (Å²) >= 11 is 0. The molecule has 0 radical (unpaired) electrons. The van der Waals surface area contributed by atoms with Crippen molar-refractivity contribution in [3.63, 3.8) is 0 Å². The van der Waals surface area contributed by atoms with Crippen LogP contribution in [0.4, 0.5) is 17.6 Å². The number of hydrogen-bond donors (Lipinski definition) is 2. The molecule has 156 valence electrons. The number of aliphatic hydroxyl groups excluding tert-OH is 2. The van der Waals surface area contributed by atoms with Crippen LogP contribution in [-0.2, 0) is 6.42 Å². The molecule has 4 rings (SSSR count). The SMILES string of the molecule is C[C@]12Cc3cnn(-c4ccc(F)cc4)c3C=C1CC[C@@]2(CO)CC(O)C(F)(F)F. The van der Waals surface area contributed by atoms with Gasteiger partial charge in [-0.2, -0.15) is 18.3 Å². The molecule has 1 unspecified atom stereocenters. The minimum atomic E-state index is -4.72. The molecule has 0 bridgehead atoms. The number of rotatable bonds is 4. The topological polar surface area (TPSA) is 58.3 Å².